The molecular weight excluding hydrogens is 219 g/mol. The minimum absolute atomic E-state index is 0.0463. The van der Waals surface area contributed by atoms with Gasteiger partial charge in [0.25, 0.3) is 0 Å². The molecule has 0 spiro atoms. The van der Waals surface area contributed by atoms with Crippen molar-refractivity contribution in [2.45, 2.75) is 4.84 Å². The number of hydrogen-bond acceptors (Lipinski definition) is 3. The van der Waals surface area contributed by atoms with Gasteiger partial charge in [0.2, 0.25) is 0 Å². The Bertz CT molecular complexity index is 324. The number of aromatic nitrogens is 2. The normalized spacial score (nSPS) is 10.5. The quantitative estimate of drug-likeness (QED) is 0.617. The summed E-state index contributed by atoms with van der Waals surface area (Å²) in [6.07, 6.45) is -0.0514. The maximum absolute atomic E-state index is 10.2. The van der Waals surface area contributed by atoms with Gasteiger partial charge in [0.1, 0.15) is 5.69 Å². The first-order chi connectivity index (χ1) is 6.00. The number of rotatable bonds is 2. The van der Waals surface area contributed by atoms with Crippen LogP contribution in [0.4, 0.5) is 4.79 Å². The van der Waals surface area contributed by atoms with Gasteiger partial charge in [0.05, 0.1) is 6.20 Å². The first-order valence-corrected chi connectivity index (χ1v) is 4.10. The standard InChI is InChI=1S/C6H6Cl2N2O3/c1-10-2-3(13-6(11)12)4(9-10)5(7)8/h2,5H,1H3,(H,11,12). The fourth-order valence-corrected chi connectivity index (χ4v) is 1.11. The number of carboxylic acid groups (broad SMARTS) is 1. The van der Waals surface area contributed by atoms with Crippen LogP contribution in [-0.4, -0.2) is 21.0 Å². The van der Waals surface area contributed by atoms with Crippen molar-refractivity contribution in [3.63, 3.8) is 0 Å². The summed E-state index contributed by atoms with van der Waals surface area (Å²) in [7, 11) is 1.61. The van der Waals surface area contributed by atoms with E-state index in [9.17, 15) is 4.79 Å². The van der Waals surface area contributed by atoms with Gasteiger partial charge in [-0.1, -0.05) is 23.2 Å². The van der Waals surface area contributed by atoms with Crippen molar-refractivity contribution >= 4 is 29.4 Å². The van der Waals surface area contributed by atoms with Gasteiger partial charge in [0, 0.05) is 7.05 Å². The van der Waals surface area contributed by atoms with Crippen molar-refractivity contribution < 1.29 is 14.6 Å². The third kappa shape index (κ3) is 2.50. The smallest absolute Gasteiger partial charge is 0.449 e. The second-order valence-electron chi connectivity index (χ2n) is 2.22. The van der Waals surface area contributed by atoms with E-state index in [1.807, 2.05) is 0 Å². The lowest BCUT2D eigenvalue weighted by Gasteiger charge is -1.99. The van der Waals surface area contributed by atoms with Crippen molar-refractivity contribution in [1.82, 2.24) is 9.78 Å². The highest BCUT2D eigenvalue weighted by atomic mass is 35.5. The number of hydrogen-bond donors (Lipinski definition) is 1. The Kier molecular flexibility index (Phi) is 3.00. The van der Waals surface area contributed by atoms with Gasteiger partial charge in [-0.15, -0.1) is 0 Å². The van der Waals surface area contributed by atoms with Crippen molar-refractivity contribution in [1.29, 1.82) is 0 Å². The molecule has 1 N–H and O–H groups in total. The molecule has 1 aromatic rings. The van der Waals surface area contributed by atoms with Crippen molar-refractivity contribution in [3.05, 3.63) is 11.9 Å². The summed E-state index contributed by atoms with van der Waals surface area (Å²) in [6.45, 7) is 0. The number of aryl methyl sites for hydroxylation is 1. The number of ether oxygens (including phenoxy) is 1. The molecule has 0 aliphatic heterocycles. The van der Waals surface area contributed by atoms with Crippen LogP contribution in [0.5, 0.6) is 5.75 Å². The van der Waals surface area contributed by atoms with Crippen LogP contribution in [0.2, 0.25) is 0 Å². The fraction of sp³-hybridized carbons (Fsp3) is 0.333. The Balaban J connectivity index is 2.97. The zero-order chi connectivity index (χ0) is 10.0. The zero-order valence-electron chi connectivity index (χ0n) is 6.57. The summed E-state index contributed by atoms with van der Waals surface area (Å²) >= 11 is 11.0. The Morgan fingerprint density at radius 3 is 2.85 bits per heavy atom. The molecule has 1 rings (SSSR count). The molecule has 0 saturated carbocycles. The monoisotopic (exact) mass is 224 g/mol. The number of carbonyl (C=O) groups is 1. The molecule has 1 heterocycles. The summed E-state index contributed by atoms with van der Waals surface area (Å²) in [5.41, 5.74) is 0.188. The molecule has 0 unspecified atom stereocenters. The third-order valence-electron chi connectivity index (χ3n) is 1.23. The lowest BCUT2D eigenvalue weighted by atomic mass is 10.4. The van der Waals surface area contributed by atoms with E-state index in [4.69, 9.17) is 28.3 Å². The fourth-order valence-electron chi connectivity index (χ4n) is 0.808. The van der Waals surface area contributed by atoms with E-state index in [0.717, 1.165) is 0 Å². The summed E-state index contributed by atoms with van der Waals surface area (Å²) in [6, 6.07) is 0. The van der Waals surface area contributed by atoms with Gasteiger partial charge in [-0.25, -0.2) is 4.79 Å². The highest BCUT2D eigenvalue weighted by Gasteiger charge is 2.17. The van der Waals surface area contributed by atoms with Gasteiger partial charge in [-0.2, -0.15) is 5.10 Å². The maximum atomic E-state index is 10.2. The van der Waals surface area contributed by atoms with Gasteiger partial charge in [0.15, 0.2) is 10.6 Å². The van der Waals surface area contributed by atoms with Crippen LogP contribution < -0.4 is 4.74 Å². The molecule has 72 valence electrons. The van der Waals surface area contributed by atoms with E-state index in [0.29, 0.717) is 0 Å². The van der Waals surface area contributed by atoms with Crippen LogP contribution in [0, 0.1) is 0 Å². The Morgan fingerprint density at radius 1 is 1.77 bits per heavy atom. The summed E-state index contributed by atoms with van der Waals surface area (Å²) in [5.74, 6) is 0.0463. The van der Waals surface area contributed by atoms with E-state index < -0.39 is 11.0 Å². The van der Waals surface area contributed by atoms with Crippen LogP contribution in [0.1, 0.15) is 10.5 Å². The van der Waals surface area contributed by atoms with Crippen molar-refractivity contribution in [2.24, 2.45) is 7.05 Å². The maximum Gasteiger partial charge on any atom is 0.511 e. The van der Waals surface area contributed by atoms with E-state index in [-0.39, 0.29) is 11.4 Å². The van der Waals surface area contributed by atoms with Gasteiger partial charge in [-0.3, -0.25) is 4.68 Å². The third-order valence-corrected chi connectivity index (χ3v) is 1.64. The Labute approximate surface area is 83.8 Å². The number of halogens is 2. The molecule has 0 saturated heterocycles. The minimum Gasteiger partial charge on any atom is -0.449 e. The Morgan fingerprint density at radius 2 is 2.38 bits per heavy atom. The van der Waals surface area contributed by atoms with Gasteiger partial charge >= 0.3 is 6.16 Å². The molecular formula is C6H6Cl2N2O3. The SMILES string of the molecule is Cn1cc(OC(=O)O)c(C(Cl)Cl)n1. The summed E-state index contributed by atoms with van der Waals surface area (Å²) < 4.78 is 5.76. The molecule has 0 amide bonds. The molecule has 7 heteroatoms. The largest absolute Gasteiger partial charge is 0.511 e. The van der Waals surface area contributed by atoms with Crippen LogP contribution in [0.15, 0.2) is 6.20 Å². The topological polar surface area (TPSA) is 64.3 Å². The first-order valence-electron chi connectivity index (χ1n) is 3.23. The Hall–Kier alpha value is -0.940. The highest BCUT2D eigenvalue weighted by molar-refractivity contribution is 6.44. The molecule has 0 aromatic carbocycles. The van der Waals surface area contributed by atoms with Crippen LogP contribution in [0.3, 0.4) is 0 Å². The van der Waals surface area contributed by atoms with E-state index in [2.05, 4.69) is 9.84 Å². The van der Waals surface area contributed by atoms with E-state index in [1.54, 1.807) is 7.05 Å². The molecule has 0 aliphatic rings. The number of nitrogens with zero attached hydrogens (tertiary/aromatic N) is 2. The van der Waals surface area contributed by atoms with Crippen LogP contribution in [-0.2, 0) is 7.05 Å². The lowest BCUT2D eigenvalue weighted by Crippen LogP contribution is -2.03. The minimum atomic E-state index is -1.43. The highest BCUT2D eigenvalue weighted by Crippen LogP contribution is 2.31. The molecule has 0 aliphatic carbocycles. The second-order valence-corrected chi connectivity index (χ2v) is 3.32. The van der Waals surface area contributed by atoms with Crippen molar-refractivity contribution in [2.75, 3.05) is 0 Å². The molecule has 0 atom stereocenters. The van der Waals surface area contributed by atoms with Crippen LogP contribution >= 0.6 is 23.2 Å². The summed E-state index contributed by atoms with van der Waals surface area (Å²) in [5, 5.41) is 12.2. The summed E-state index contributed by atoms with van der Waals surface area (Å²) in [4.78, 5) is 9.30. The van der Waals surface area contributed by atoms with E-state index >= 15 is 0 Å². The number of alkyl halides is 2. The second kappa shape index (κ2) is 3.85. The predicted octanol–water partition coefficient (Wildman–Crippen LogP) is 1.95. The molecule has 1 aromatic heterocycles. The molecule has 13 heavy (non-hydrogen) atoms. The van der Waals surface area contributed by atoms with Gasteiger partial charge < -0.3 is 9.84 Å². The first kappa shape index (κ1) is 10.1. The molecule has 5 nitrogen and oxygen atoms in total. The average molecular weight is 225 g/mol. The lowest BCUT2D eigenvalue weighted by molar-refractivity contribution is 0.144. The van der Waals surface area contributed by atoms with Crippen molar-refractivity contribution in [3.8, 4) is 5.75 Å². The molecule has 0 radical (unpaired) electrons. The zero-order valence-corrected chi connectivity index (χ0v) is 8.08. The van der Waals surface area contributed by atoms with Crippen LogP contribution in [0.25, 0.3) is 0 Å². The molecule has 0 fully saturated rings. The molecule has 0 bridgehead atoms. The van der Waals surface area contributed by atoms with Gasteiger partial charge in [-0.05, 0) is 0 Å². The predicted molar refractivity (Wildman–Crippen MR) is 46.3 cm³/mol. The van der Waals surface area contributed by atoms with E-state index in [1.165, 1.54) is 10.9 Å². The average Bonchev–Trinajstić information content (AvgIpc) is 2.29.